The van der Waals surface area contributed by atoms with Gasteiger partial charge in [-0.25, -0.2) is 0 Å². The third-order valence-electron chi connectivity index (χ3n) is 4.84. The number of piperazine rings is 1. The van der Waals surface area contributed by atoms with Crippen molar-refractivity contribution in [2.75, 3.05) is 26.2 Å². The summed E-state index contributed by atoms with van der Waals surface area (Å²) in [5.74, 6) is 0.951. The van der Waals surface area contributed by atoms with Gasteiger partial charge in [0.05, 0.1) is 0 Å². The van der Waals surface area contributed by atoms with E-state index in [1.807, 2.05) is 0 Å². The molecule has 0 spiro atoms. The maximum absolute atomic E-state index is 2.74. The van der Waals surface area contributed by atoms with E-state index in [1.165, 1.54) is 51.0 Å². The summed E-state index contributed by atoms with van der Waals surface area (Å²) in [6, 6.07) is 11.8. The van der Waals surface area contributed by atoms with E-state index >= 15 is 0 Å². The van der Waals surface area contributed by atoms with Crippen LogP contribution in [0.15, 0.2) is 30.3 Å². The van der Waals surface area contributed by atoms with Gasteiger partial charge in [0.15, 0.2) is 0 Å². The van der Waals surface area contributed by atoms with Gasteiger partial charge in [0.25, 0.3) is 0 Å². The van der Waals surface area contributed by atoms with E-state index in [-0.39, 0.29) is 0 Å². The van der Waals surface area contributed by atoms with Crippen LogP contribution in [0.5, 0.6) is 0 Å². The van der Waals surface area contributed by atoms with Crippen LogP contribution in [0.3, 0.4) is 0 Å². The zero-order chi connectivity index (χ0) is 13.1. The molecule has 1 saturated carbocycles. The molecule has 0 N–H and O–H groups in total. The van der Waals surface area contributed by atoms with E-state index in [0.717, 1.165) is 18.5 Å². The summed E-state index contributed by atoms with van der Waals surface area (Å²) >= 11 is 0. The predicted octanol–water partition coefficient (Wildman–Crippen LogP) is 2.99. The Balaban J connectivity index is 1.47. The minimum Gasteiger partial charge on any atom is -0.298 e. The van der Waals surface area contributed by atoms with Crippen molar-refractivity contribution in [1.29, 1.82) is 0 Å². The van der Waals surface area contributed by atoms with Crippen molar-refractivity contribution in [3.8, 4) is 0 Å². The van der Waals surface area contributed by atoms with Crippen LogP contribution in [0.1, 0.15) is 31.7 Å². The quantitative estimate of drug-likeness (QED) is 0.822. The summed E-state index contributed by atoms with van der Waals surface area (Å²) < 4.78 is 0. The van der Waals surface area contributed by atoms with Gasteiger partial charge in [-0.2, -0.15) is 0 Å². The fourth-order valence-corrected chi connectivity index (χ4v) is 3.64. The number of hydrogen-bond donors (Lipinski definition) is 0. The second-order valence-electron chi connectivity index (χ2n) is 6.37. The van der Waals surface area contributed by atoms with E-state index in [1.54, 1.807) is 0 Å². The Hall–Kier alpha value is -0.860. The Labute approximate surface area is 117 Å². The first kappa shape index (κ1) is 13.1. The second kappa shape index (κ2) is 6.06. The first-order valence-corrected chi connectivity index (χ1v) is 7.81. The lowest BCUT2D eigenvalue weighted by Crippen LogP contribution is -2.49. The minimum absolute atomic E-state index is 0.883. The molecule has 1 saturated heterocycles. The SMILES string of the molecule is C[C@@H]1CC[C@@H](N2CCN(Cc3ccccc3)CC2)C1. The lowest BCUT2D eigenvalue weighted by molar-refractivity contribution is 0.0924. The molecule has 3 rings (SSSR count). The molecular formula is C17H26N2. The first-order valence-electron chi connectivity index (χ1n) is 7.81. The molecule has 1 aliphatic carbocycles. The lowest BCUT2D eigenvalue weighted by atomic mass is 10.1. The number of nitrogens with zero attached hydrogens (tertiary/aromatic N) is 2. The lowest BCUT2D eigenvalue weighted by Gasteiger charge is -2.38. The molecule has 0 aromatic heterocycles. The molecule has 1 aromatic carbocycles. The van der Waals surface area contributed by atoms with Gasteiger partial charge in [-0.3, -0.25) is 9.80 Å². The number of rotatable bonds is 3. The van der Waals surface area contributed by atoms with Crippen LogP contribution in [0.25, 0.3) is 0 Å². The van der Waals surface area contributed by atoms with Crippen molar-refractivity contribution in [3.05, 3.63) is 35.9 Å². The summed E-state index contributed by atoms with van der Waals surface area (Å²) in [5.41, 5.74) is 1.45. The largest absolute Gasteiger partial charge is 0.298 e. The molecule has 1 aliphatic heterocycles. The Morgan fingerprint density at radius 1 is 1.00 bits per heavy atom. The van der Waals surface area contributed by atoms with Crippen LogP contribution in [0.2, 0.25) is 0 Å². The fraction of sp³-hybridized carbons (Fsp3) is 0.647. The van der Waals surface area contributed by atoms with Crippen LogP contribution in [-0.4, -0.2) is 42.0 Å². The van der Waals surface area contributed by atoms with Crippen LogP contribution in [0.4, 0.5) is 0 Å². The second-order valence-corrected chi connectivity index (χ2v) is 6.37. The van der Waals surface area contributed by atoms with Crippen LogP contribution < -0.4 is 0 Å². The highest BCUT2D eigenvalue weighted by molar-refractivity contribution is 5.14. The zero-order valence-electron chi connectivity index (χ0n) is 12.1. The molecule has 2 fully saturated rings. The molecule has 2 nitrogen and oxygen atoms in total. The molecule has 1 heterocycles. The highest BCUT2D eigenvalue weighted by Crippen LogP contribution is 2.29. The summed E-state index contributed by atoms with van der Waals surface area (Å²) in [4.78, 5) is 5.34. The van der Waals surface area contributed by atoms with Crippen molar-refractivity contribution >= 4 is 0 Å². The third kappa shape index (κ3) is 3.37. The summed E-state index contributed by atoms with van der Waals surface area (Å²) in [5, 5.41) is 0. The Kier molecular flexibility index (Phi) is 4.19. The van der Waals surface area contributed by atoms with Gasteiger partial charge in [0.1, 0.15) is 0 Å². The molecule has 2 atom stereocenters. The Morgan fingerprint density at radius 2 is 1.74 bits per heavy atom. The monoisotopic (exact) mass is 258 g/mol. The van der Waals surface area contributed by atoms with Gasteiger partial charge in [0, 0.05) is 38.8 Å². The van der Waals surface area contributed by atoms with Crippen molar-refractivity contribution in [2.45, 2.75) is 38.8 Å². The van der Waals surface area contributed by atoms with E-state index in [0.29, 0.717) is 0 Å². The van der Waals surface area contributed by atoms with E-state index < -0.39 is 0 Å². The molecule has 0 unspecified atom stereocenters. The van der Waals surface area contributed by atoms with Crippen LogP contribution in [-0.2, 0) is 6.54 Å². The number of benzene rings is 1. The fourth-order valence-electron chi connectivity index (χ4n) is 3.64. The van der Waals surface area contributed by atoms with Crippen molar-refractivity contribution < 1.29 is 0 Å². The summed E-state index contributed by atoms with van der Waals surface area (Å²) in [6.45, 7) is 8.54. The minimum atomic E-state index is 0.883. The third-order valence-corrected chi connectivity index (χ3v) is 4.84. The molecule has 1 aromatic rings. The van der Waals surface area contributed by atoms with Gasteiger partial charge >= 0.3 is 0 Å². The number of hydrogen-bond acceptors (Lipinski definition) is 2. The zero-order valence-corrected chi connectivity index (χ0v) is 12.1. The predicted molar refractivity (Wildman–Crippen MR) is 80.1 cm³/mol. The Morgan fingerprint density at radius 3 is 2.37 bits per heavy atom. The first-order chi connectivity index (χ1) is 9.31. The van der Waals surface area contributed by atoms with Crippen molar-refractivity contribution in [1.82, 2.24) is 9.80 Å². The van der Waals surface area contributed by atoms with Crippen molar-refractivity contribution in [3.63, 3.8) is 0 Å². The highest BCUT2D eigenvalue weighted by atomic mass is 15.3. The van der Waals surface area contributed by atoms with Gasteiger partial charge in [0.2, 0.25) is 0 Å². The van der Waals surface area contributed by atoms with E-state index in [2.05, 4.69) is 47.1 Å². The molecular weight excluding hydrogens is 232 g/mol. The highest BCUT2D eigenvalue weighted by Gasteiger charge is 2.29. The smallest absolute Gasteiger partial charge is 0.0234 e. The van der Waals surface area contributed by atoms with Crippen LogP contribution >= 0.6 is 0 Å². The van der Waals surface area contributed by atoms with Gasteiger partial charge in [-0.15, -0.1) is 0 Å². The average molecular weight is 258 g/mol. The Bertz CT molecular complexity index is 382. The summed E-state index contributed by atoms with van der Waals surface area (Å²) in [7, 11) is 0. The average Bonchev–Trinajstić information content (AvgIpc) is 2.87. The normalized spacial score (nSPS) is 29.7. The standard InChI is InChI=1S/C17H26N2/c1-15-7-8-17(13-15)19-11-9-18(10-12-19)14-16-5-3-2-4-6-16/h2-6,15,17H,7-14H2,1H3/t15-,17-/m1/s1. The molecule has 2 aliphatic rings. The maximum atomic E-state index is 2.74. The molecule has 104 valence electrons. The van der Waals surface area contributed by atoms with E-state index in [4.69, 9.17) is 0 Å². The van der Waals surface area contributed by atoms with E-state index in [9.17, 15) is 0 Å². The van der Waals surface area contributed by atoms with Crippen molar-refractivity contribution in [2.24, 2.45) is 5.92 Å². The molecule has 0 amide bonds. The topological polar surface area (TPSA) is 6.48 Å². The maximum Gasteiger partial charge on any atom is 0.0234 e. The van der Waals surface area contributed by atoms with Gasteiger partial charge < -0.3 is 0 Å². The molecule has 0 bridgehead atoms. The van der Waals surface area contributed by atoms with Gasteiger partial charge in [-0.05, 0) is 30.7 Å². The molecule has 19 heavy (non-hydrogen) atoms. The van der Waals surface area contributed by atoms with Gasteiger partial charge in [-0.1, -0.05) is 37.3 Å². The molecule has 2 heteroatoms. The van der Waals surface area contributed by atoms with Crippen LogP contribution in [0, 0.1) is 5.92 Å². The molecule has 0 radical (unpaired) electrons. The summed E-state index contributed by atoms with van der Waals surface area (Å²) in [6.07, 6.45) is 4.30.